The van der Waals surface area contributed by atoms with E-state index in [-0.39, 0.29) is 5.69 Å². The van der Waals surface area contributed by atoms with Gasteiger partial charge in [0.05, 0.1) is 0 Å². The Labute approximate surface area is 106 Å². The lowest BCUT2D eigenvalue weighted by molar-refractivity contribution is -0.144. The van der Waals surface area contributed by atoms with Crippen molar-refractivity contribution < 1.29 is 14.7 Å². The maximum Gasteiger partial charge on any atom is 0.329 e. The van der Waals surface area contributed by atoms with Crippen LogP contribution in [0.3, 0.4) is 0 Å². The second-order valence-electron chi connectivity index (χ2n) is 4.22. The predicted octanol–water partition coefficient (Wildman–Crippen LogP) is 1.76. The molecule has 1 rings (SSSR count). The van der Waals surface area contributed by atoms with E-state index in [1.54, 1.807) is 32.9 Å². The summed E-state index contributed by atoms with van der Waals surface area (Å²) in [5.41, 5.74) is -0.229. The molecule has 2 N–H and O–H groups in total. The fraction of sp³-hybridized carbons (Fsp3) is 0.462. The highest BCUT2D eigenvalue weighted by Crippen LogP contribution is 2.16. The number of hydrogen-bond donors (Lipinski definition) is 2. The Bertz CT molecular complexity index is 453. The minimum Gasteiger partial charge on any atom is -0.480 e. The van der Waals surface area contributed by atoms with Crippen molar-refractivity contribution in [3.05, 3.63) is 29.6 Å². The zero-order valence-electron chi connectivity index (χ0n) is 10.9. The molecule has 1 amide bonds. The van der Waals surface area contributed by atoms with Crippen molar-refractivity contribution in [1.82, 2.24) is 10.3 Å². The molecule has 0 unspecified atom stereocenters. The summed E-state index contributed by atoms with van der Waals surface area (Å²) in [6.07, 6.45) is 2.18. The van der Waals surface area contributed by atoms with Crippen molar-refractivity contribution >= 4 is 11.9 Å². The van der Waals surface area contributed by atoms with Crippen LogP contribution in [-0.2, 0) is 4.79 Å². The van der Waals surface area contributed by atoms with Crippen LogP contribution in [0.4, 0.5) is 0 Å². The average Bonchev–Trinajstić information content (AvgIpc) is 2.36. The quantitative estimate of drug-likeness (QED) is 0.834. The molecule has 5 nitrogen and oxygen atoms in total. The molecule has 0 atom stereocenters. The fourth-order valence-corrected chi connectivity index (χ4v) is 1.78. The number of aliphatic carboxylic acids is 1. The number of pyridine rings is 1. The second kappa shape index (κ2) is 5.62. The first kappa shape index (κ1) is 14.2. The smallest absolute Gasteiger partial charge is 0.329 e. The van der Waals surface area contributed by atoms with E-state index in [0.29, 0.717) is 12.8 Å². The molecule has 5 heteroatoms. The Hall–Kier alpha value is -1.91. The number of amides is 1. The molecule has 1 heterocycles. The van der Waals surface area contributed by atoms with Crippen LogP contribution in [0, 0.1) is 6.92 Å². The highest BCUT2D eigenvalue weighted by atomic mass is 16.4. The molecule has 0 aliphatic carbocycles. The molecule has 0 saturated heterocycles. The molecule has 0 aliphatic rings. The maximum atomic E-state index is 12.1. The van der Waals surface area contributed by atoms with Crippen LogP contribution in [0.15, 0.2) is 18.3 Å². The summed E-state index contributed by atoms with van der Waals surface area (Å²) < 4.78 is 0. The average molecular weight is 250 g/mol. The van der Waals surface area contributed by atoms with Crippen molar-refractivity contribution in [3.8, 4) is 0 Å². The first-order valence-corrected chi connectivity index (χ1v) is 5.94. The van der Waals surface area contributed by atoms with Gasteiger partial charge in [0.15, 0.2) is 0 Å². The molecular formula is C13H18N2O3. The Morgan fingerprint density at radius 3 is 2.44 bits per heavy atom. The van der Waals surface area contributed by atoms with Crippen LogP contribution in [0.5, 0.6) is 0 Å². The van der Waals surface area contributed by atoms with E-state index in [2.05, 4.69) is 10.3 Å². The third kappa shape index (κ3) is 2.67. The van der Waals surface area contributed by atoms with Gasteiger partial charge in [0.2, 0.25) is 0 Å². The summed E-state index contributed by atoms with van der Waals surface area (Å²) in [6, 6.07) is 3.50. The van der Waals surface area contributed by atoms with Gasteiger partial charge < -0.3 is 10.4 Å². The number of aryl methyl sites for hydroxylation is 1. The van der Waals surface area contributed by atoms with Crippen molar-refractivity contribution in [2.45, 2.75) is 39.2 Å². The summed E-state index contributed by atoms with van der Waals surface area (Å²) in [6.45, 7) is 5.24. The Kier molecular flexibility index (Phi) is 4.42. The topological polar surface area (TPSA) is 79.3 Å². The highest BCUT2D eigenvalue weighted by molar-refractivity contribution is 5.97. The van der Waals surface area contributed by atoms with Crippen molar-refractivity contribution in [1.29, 1.82) is 0 Å². The van der Waals surface area contributed by atoms with E-state index in [1.807, 2.05) is 0 Å². The maximum absolute atomic E-state index is 12.1. The van der Waals surface area contributed by atoms with Crippen LogP contribution in [0.2, 0.25) is 0 Å². The van der Waals surface area contributed by atoms with E-state index < -0.39 is 17.4 Å². The van der Waals surface area contributed by atoms with Crippen molar-refractivity contribution in [2.75, 3.05) is 0 Å². The third-order valence-corrected chi connectivity index (χ3v) is 3.19. The Balaban J connectivity index is 3.00. The molecule has 0 saturated carbocycles. The minimum absolute atomic E-state index is 0.269. The molecule has 98 valence electrons. The molecular weight excluding hydrogens is 232 g/mol. The predicted molar refractivity (Wildman–Crippen MR) is 67.4 cm³/mol. The minimum atomic E-state index is -1.22. The molecule has 0 bridgehead atoms. The highest BCUT2D eigenvalue weighted by Gasteiger charge is 2.37. The van der Waals surface area contributed by atoms with E-state index >= 15 is 0 Å². The standard InChI is InChI=1S/C13H18N2O3/c1-4-13(5-2,12(17)18)15-11(16)10-9(3)7-6-8-14-10/h6-8H,4-5H2,1-3H3,(H,15,16)(H,17,18). The van der Waals surface area contributed by atoms with Crippen molar-refractivity contribution in [3.63, 3.8) is 0 Å². The van der Waals surface area contributed by atoms with Crippen LogP contribution >= 0.6 is 0 Å². The van der Waals surface area contributed by atoms with Gasteiger partial charge >= 0.3 is 5.97 Å². The molecule has 0 aliphatic heterocycles. The van der Waals surface area contributed by atoms with Gasteiger partial charge in [0.25, 0.3) is 5.91 Å². The lowest BCUT2D eigenvalue weighted by Crippen LogP contribution is -2.54. The lowest BCUT2D eigenvalue weighted by Gasteiger charge is -2.28. The van der Waals surface area contributed by atoms with Gasteiger partial charge in [-0.25, -0.2) is 4.79 Å². The number of aromatic nitrogens is 1. The fourth-order valence-electron chi connectivity index (χ4n) is 1.78. The monoisotopic (exact) mass is 250 g/mol. The number of nitrogens with one attached hydrogen (secondary N) is 1. The van der Waals surface area contributed by atoms with E-state index in [0.717, 1.165) is 5.56 Å². The number of rotatable bonds is 5. The first-order chi connectivity index (χ1) is 8.46. The number of carbonyl (C=O) groups is 2. The van der Waals surface area contributed by atoms with Crippen molar-refractivity contribution in [2.24, 2.45) is 0 Å². The molecule has 18 heavy (non-hydrogen) atoms. The summed E-state index contributed by atoms with van der Waals surface area (Å²) in [7, 11) is 0. The second-order valence-corrected chi connectivity index (χ2v) is 4.22. The number of hydrogen-bond acceptors (Lipinski definition) is 3. The number of carboxylic acid groups (broad SMARTS) is 1. The molecule has 0 radical (unpaired) electrons. The van der Waals surface area contributed by atoms with Crippen LogP contribution < -0.4 is 5.32 Å². The third-order valence-electron chi connectivity index (χ3n) is 3.19. The van der Waals surface area contributed by atoms with Gasteiger partial charge in [-0.3, -0.25) is 9.78 Å². The Morgan fingerprint density at radius 2 is 2.00 bits per heavy atom. The zero-order chi connectivity index (χ0) is 13.8. The van der Waals surface area contributed by atoms with Gasteiger partial charge in [-0.2, -0.15) is 0 Å². The van der Waals surface area contributed by atoms with Gasteiger partial charge in [0.1, 0.15) is 11.2 Å². The molecule has 0 fully saturated rings. The SMILES string of the molecule is CCC(CC)(NC(=O)c1ncccc1C)C(=O)O. The number of carbonyl (C=O) groups excluding carboxylic acids is 1. The first-order valence-electron chi connectivity index (χ1n) is 5.94. The van der Waals surface area contributed by atoms with E-state index in [4.69, 9.17) is 0 Å². The van der Waals surface area contributed by atoms with Gasteiger partial charge in [-0.15, -0.1) is 0 Å². The summed E-state index contributed by atoms with van der Waals surface area (Å²) >= 11 is 0. The largest absolute Gasteiger partial charge is 0.480 e. The molecule has 1 aromatic rings. The van der Waals surface area contributed by atoms with Crippen LogP contribution in [0.25, 0.3) is 0 Å². The van der Waals surface area contributed by atoms with E-state index in [9.17, 15) is 14.7 Å². The molecule has 0 aromatic carbocycles. The van der Waals surface area contributed by atoms with Gasteiger partial charge in [-0.1, -0.05) is 19.9 Å². The normalized spacial score (nSPS) is 11.1. The lowest BCUT2D eigenvalue weighted by atomic mass is 9.92. The van der Waals surface area contributed by atoms with Crippen LogP contribution in [-0.4, -0.2) is 27.5 Å². The summed E-state index contributed by atoms with van der Waals surface area (Å²) in [4.78, 5) is 27.4. The number of carboxylic acids is 1. The van der Waals surface area contributed by atoms with Gasteiger partial charge in [0, 0.05) is 6.20 Å². The van der Waals surface area contributed by atoms with E-state index in [1.165, 1.54) is 6.20 Å². The van der Waals surface area contributed by atoms with Gasteiger partial charge in [-0.05, 0) is 31.4 Å². The molecule has 1 aromatic heterocycles. The number of nitrogens with zero attached hydrogens (tertiary/aromatic N) is 1. The Morgan fingerprint density at radius 1 is 1.39 bits per heavy atom. The zero-order valence-corrected chi connectivity index (χ0v) is 10.9. The summed E-state index contributed by atoms with van der Waals surface area (Å²) in [5, 5.41) is 11.8. The molecule has 0 spiro atoms. The van der Waals surface area contributed by atoms with Crippen LogP contribution in [0.1, 0.15) is 42.7 Å². The summed E-state index contributed by atoms with van der Waals surface area (Å²) in [5.74, 6) is -1.46.